The van der Waals surface area contributed by atoms with E-state index in [1.807, 2.05) is 12.4 Å². The third-order valence-corrected chi connectivity index (χ3v) is 4.30. The van der Waals surface area contributed by atoms with Crippen LogP contribution in [0.3, 0.4) is 0 Å². The molecule has 2 N–H and O–H groups in total. The van der Waals surface area contributed by atoms with Crippen LogP contribution >= 0.6 is 0 Å². The molecule has 0 fully saturated rings. The Morgan fingerprint density at radius 2 is 1.38 bits per heavy atom. The monoisotopic (exact) mass is 330 g/mol. The van der Waals surface area contributed by atoms with Crippen molar-refractivity contribution in [2.75, 3.05) is 0 Å². The van der Waals surface area contributed by atoms with Crippen molar-refractivity contribution in [3.8, 4) is 0 Å². The zero-order chi connectivity index (χ0) is 17.3. The van der Waals surface area contributed by atoms with Crippen molar-refractivity contribution in [2.45, 2.75) is 83.5 Å². The second-order valence-electron chi connectivity index (χ2n) is 6.55. The predicted octanol–water partition coefficient (Wildman–Crippen LogP) is 5.35. The van der Waals surface area contributed by atoms with Gasteiger partial charge in [0, 0.05) is 18.8 Å². The summed E-state index contributed by atoms with van der Waals surface area (Å²) in [6.07, 6.45) is 23.6. The van der Waals surface area contributed by atoms with Crippen LogP contribution in [0.25, 0.3) is 0 Å². The summed E-state index contributed by atoms with van der Waals surface area (Å²) in [5.41, 5.74) is 6.52. The zero-order valence-electron chi connectivity index (χ0n) is 15.1. The molecule has 0 saturated carbocycles. The number of unbranched alkanes of at least 4 members (excludes halogenated alkanes) is 9. The van der Waals surface area contributed by atoms with Crippen molar-refractivity contribution in [3.05, 3.63) is 42.2 Å². The molecule has 0 unspecified atom stereocenters. The fraction of sp³-hybridized carbons (Fsp3) is 0.619. The van der Waals surface area contributed by atoms with Crippen LogP contribution in [0.5, 0.6) is 0 Å². The highest BCUT2D eigenvalue weighted by molar-refractivity contribution is 5.73. The van der Waals surface area contributed by atoms with E-state index in [9.17, 15) is 4.79 Å². The predicted molar refractivity (Wildman–Crippen MR) is 102 cm³/mol. The molecular weight excluding hydrogens is 296 g/mol. The van der Waals surface area contributed by atoms with Crippen LogP contribution in [0.2, 0.25) is 0 Å². The molecule has 1 amide bonds. The normalized spacial score (nSPS) is 11.2. The fourth-order valence-corrected chi connectivity index (χ4v) is 2.82. The summed E-state index contributed by atoms with van der Waals surface area (Å²) in [6.45, 7) is 0. The second-order valence-corrected chi connectivity index (χ2v) is 6.55. The van der Waals surface area contributed by atoms with Gasteiger partial charge in [0.2, 0.25) is 5.91 Å². The summed E-state index contributed by atoms with van der Waals surface area (Å²) in [5, 5.41) is 0. The van der Waals surface area contributed by atoms with Gasteiger partial charge in [0.1, 0.15) is 0 Å². The Bertz CT molecular complexity index is 442. The third-order valence-electron chi connectivity index (χ3n) is 4.30. The number of hydrogen-bond donors (Lipinski definition) is 1. The topological polar surface area (TPSA) is 56.0 Å². The van der Waals surface area contributed by atoms with E-state index in [0.717, 1.165) is 12.8 Å². The number of amides is 1. The Morgan fingerprint density at radius 3 is 2.00 bits per heavy atom. The van der Waals surface area contributed by atoms with E-state index in [2.05, 4.69) is 29.3 Å². The first kappa shape index (κ1) is 20.4. The van der Waals surface area contributed by atoms with Crippen molar-refractivity contribution in [3.63, 3.8) is 0 Å². The number of primary amides is 1. The third kappa shape index (κ3) is 12.9. The summed E-state index contributed by atoms with van der Waals surface area (Å²) in [4.78, 5) is 14.6. The van der Waals surface area contributed by atoms with E-state index in [1.165, 1.54) is 69.8 Å². The molecular formula is C21H34N2O. The minimum absolute atomic E-state index is 0.171. The first-order valence-corrected chi connectivity index (χ1v) is 9.61. The van der Waals surface area contributed by atoms with E-state index in [4.69, 9.17) is 5.73 Å². The molecule has 24 heavy (non-hydrogen) atoms. The number of hydrogen-bond acceptors (Lipinski definition) is 2. The van der Waals surface area contributed by atoms with Gasteiger partial charge in [0.25, 0.3) is 0 Å². The van der Waals surface area contributed by atoms with Gasteiger partial charge in [-0.25, -0.2) is 0 Å². The fourth-order valence-electron chi connectivity index (χ4n) is 2.82. The highest BCUT2D eigenvalue weighted by atomic mass is 16.1. The first-order chi connectivity index (χ1) is 11.8. The minimum atomic E-state index is -0.171. The molecule has 1 heterocycles. The molecule has 0 radical (unpaired) electrons. The van der Waals surface area contributed by atoms with Gasteiger partial charge in [-0.1, -0.05) is 44.3 Å². The van der Waals surface area contributed by atoms with Gasteiger partial charge < -0.3 is 5.73 Å². The molecule has 1 rings (SSSR count). The van der Waals surface area contributed by atoms with Gasteiger partial charge in [-0.15, -0.1) is 0 Å². The Balaban J connectivity index is 1.79. The molecule has 0 aliphatic heterocycles. The van der Waals surface area contributed by atoms with Gasteiger partial charge in [-0.05, 0) is 62.6 Å². The molecule has 3 heteroatoms. The molecule has 0 aromatic carbocycles. The van der Waals surface area contributed by atoms with Gasteiger partial charge in [0.05, 0.1) is 0 Å². The Kier molecular flexibility index (Phi) is 12.7. The summed E-state index contributed by atoms with van der Waals surface area (Å²) in [7, 11) is 0. The summed E-state index contributed by atoms with van der Waals surface area (Å²) < 4.78 is 0. The van der Waals surface area contributed by atoms with Crippen molar-refractivity contribution >= 4 is 5.91 Å². The standard InChI is InChI=1S/C21H34N2O/c22-21(24)15-13-11-9-7-5-3-1-2-4-6-8-10-12-14-20-16-18-23-19-17-20/h1-2,16-19H,3-15H2,(H2,22,24)/b2-1-. The lowest BCUT2D eigenvalue weighted by Crippen LogP contribution is -2.09. The Labute approximate surface area is 147 Å². The second kappa shape index (κ2) is 14.9. The van der Waals surface area contributed by atoms with Gasteiger partial charge in [0.15, 0.2) is 0 Å². The number of aryl methyl sites for hydroxylation is 1. The highest BCUT2D eigenvalue weighted by Crippen LogP contribution is 2.10. The van der Waals surface area contributed by atoms with Crippen LogP contribution in [0.1, 0.15) is 82.6 Å². The molecule has 134 valence electrons. The number of nitrogens with zero attached hydrogens (tertiary/aromatic N) is 1. The molecule has 1 aromatic rings. The van der Waals surface area contributed by atoms with E-state index >= 15 is 0 Å². The van der Waals surface area contributed by atoms with E-state index in [1.54, 1.807) is 0 Å². The lowest BCUT2D eigenvalue weighted by atomic mass is 10.1. The number of allylic oxidation sites excluding steroid dienone is 2. The lowest BCUT2D eigenvalue weighted by molar-refractivity contribution is -0.118. The zero-order valence-corrected chi connectivity index (χ0v) is 15.1. The molecule has 0 spiro atoms. The van der Waals surface area contributed by atoms with Crippen LogP contribution in [0, 0.1) is 0 Å². The summed E-state index contributed by atoms with van der Waals surface area (Å²) in [5.74, 6) is -0.171. The number of pyridine rings is 1. The molecule has 0 aliphatic rings. The highest BCUT2D eigenvalue weighted by Gasteiger charge is 1.95. The van der Waals surface area contributed by atoms with E-state index < -0.39 is 0 Å². The maximum absolute atomic E-state index is 10.6. The van der Waals surface area contributed by atoms with E-state index in [-0.39, 0.29) is 5.91 Å². The van der Waals surface area contributed by atoms with Gasteiger partial charge in [-0.3, -0.25) is 9.78 Å². The molecule has 0 bridgehead atoms. The molecule has 1 aromatic heterocycles. The van der Waals surface area contributed by atoms with Crippen LogP contribution in [0.15, 0.2) is 36.7 Å². The summed E-state index contributed by atoms with van der Waals surface area (Å²) >= 11 is 0. The van der Waals surface area contributed by atoms with Crippen LogP contribution in [-0.2, 0) is 11.2 Å². The van der Waals surface area contributed by atoms with Crippen molar-refractivity contribution in [1.82, 2.24) is 4.98 Å². The number of aromatic nitrogens is 1. The van der Waals surface area contributed by atoms with Crippen molar-refractivity contribution < 1.29 is 4.79 Å². The van der Waals surface area contributed by atoms with Crippen molar-refractivity contribution in [1.29, 1.82) is 0 Å². The molecule has 0 saturated heterocycles. The summed E-state index contributed by atoms with van der Waals surface area (Å²) in [6, 6.07) is 4.22. The van der Waals surface area contributed by atoms with Gasteiger partial charge in [-0.2, -0.15) is 0 Å². The minimum Gasteiger partial charge on any atom is -0.370 e. The average molecular weight is 331 g/mol. The quantitative estimate of drug-likeness (QED) is 0.348. The number of carbonyl (C=O) groups is 1. The number of carbonyl (C=O) groups excluding carboxylic acids is 1. The largest absolute Gasteiger partial charge is 0.370 e. The number of rotatable bonds is 15. The van der Waals surface area contributed by atoms with Crippen LogP contribution in [0.4, 0.5) is 0 Å². The molecule has 0 aliphatic carbocycles. The Morgan fingerprint density at radius 1 is 0.833 bits per heavy atom. The maximum Gasteiger partial charge on any atom is 0.217 e. The maximum atomic E-state index is 10.6. The lowest BCUT2D eigenvalue weighted by Gasteiger charge is -2.01. The molecule has 3 nitrogen and oxygen atoms in total. The Hall–Kier alpha value is -1.64. The van der Waals surface area contributed by atoms with E-state index in [0.29, 0.717) is 6.42 Å². The average Bonchev–Trinajstić information content (AvgIpc) is 2.59. The smallest absolute Gasteiger partial charge is 0.217 e. The van der Waals surface area contributed by atoms with Gasteiger partial charge >= 0.3 is 0 Å². The molecule has 0 atom stereocenters. The first-order valence-electron chi connectivity index (χ1n) is 9.61. The SMILES string of the molecule is NC(=O)CCCCCCC/C=C\CCCCCCc1ccncc1. The van der Waals surface area contributed by atoms with Crippen molar-refractivity contribution in [2.24, 2.45) is 5.73 Å². The van der Waals surface area contributed by atoms with Crippen LogP contribution in [-0.4, -0.2) is 10.9 Å². The number of nitrogens with two attached hydrogens (primary N) is 1. The van der Waals surface area contributed by atoms with Crippen LogP contribution < -0.4 is 5.73 Å².